The lowest BCUT2D eigenvalue weighted by Gasteiger charge is -2.13. The maximum atomic E-state index is 11.6. The Balaban J connectivity index is 2.89. The van der Waals surface area contributed by atoms with Crippen LogP contribution in [-0.2, 0) is 4.79 Å². The number of carbonyl (C=O) groups is 2. The highest BCUT2D eigenvalue weighted by atomic mass is 16.4. The second-order valence-corrected chi connectivity index (χ2v) is 2.88. The number of aromatic nitrogens is 1. The minimum Gasteiger partial charge on any atom is -0.549 e. The summed E-state index contributed by atoms with van der Waals surface area (Å²) in [6.07, 6.45) is 3.15. The van der Waals surface area contributed by atoms with Crippen molar-refractivity contribution in [2.45, 2.75) is 13.3 Å². The molecule has 0 radical (unpaired) electrons. The molecule has 1 rings (SSSR count). The van der Waals surface area contributed by atoms with Gasteiger partial charge in [0.25, 0.3) is 0 Å². The van der Waals surface area contributed by atoms with Crippen molar-refractivity contribution in [1.82, 2.24) is 4.98 Å². The Kier molecular flexibility index (Phi) is 3.34. The number of Topliss-reactive ketones (excluding diaryl/α,β-unsaturated/α-hetero) is 1. The number of hydrogen-bond donors (Lipinski definition) is 0. The fourth-order valence-electron chi connectivity index (χ4n) is 1.18. The smallest absolute Gasteiger partial charge is 0.171 e. The first kappa shape index (κ1) is 10.4. The van der Waals surface area contributed by atoms with Crippen molar-refractivity contribution in [3.8, 4) is 0 Å². The molecule has 4 nitrogen and oxygen atoms in total. The van der Waals surface area contributed by atoms with E-state index in [9.17, 15) is 14.7 Å². The number of hydrogen-bond acceptors (Lipinski definition) is 4. The maximum absolute atomic E-state index is 11.6. The number of rotatable bonds is 4. The summed E-state index contributed by atoms with van der Waals surface area (Å²) in [5.74, 6) is -2.80. The molecule has 1 aromatic rings. The van der Waals surface area contributed by atoms with E-state index in [-0.39, 0.29) is 6.42 Å². The molecule has 0 aliphatic carbocycles. The molecule has 0 aliphatic rings. The van der Waals surface area contributed by atoms with Gasteiger partial charge in [0.1, 0.15) is 0 Å². The van der Waals surface area contributed by atoms with Crippen LogP contribution in [0.15, 0.2) is 24.5 Å². The predicted octanol–water partition coefficient (Wildman–Crippen LogP) is 0.0404. The van der Waals surface area contributed by atoms with E-state index < -0.39 is 17.7 Å². The largest absolute Gasteiger partial charge is 0.549 e. The van der Waals surface area contributed by atoms with E-state index in [1.54, 1.807) is 6.92 Å². The highest BCUT2D eigenvalue weighted by molar-refractivity contribution is 6.07. The van der Waals surface area contributed by atoms with Crippen molar-refractivity contribution in [3.63, 3.8) is 0 Å². The normalized spacial score (nSPS) is 12.1. The molecule has 0 aromatic carbocycles. The van der Waals surface area contributed by atoms with Crippen molar-refractivity contribution in [2.75, 3.05) is 0 Å². The van der Waals surface area contributed by atoms with Gasteiger partial charge in [-0.25, -0.2) is 0 Å². The molecule has 0 N–H and O–H groups in total. The molecule has 1 unspecified atom stereocenters. The van der Waals surface area contributed by atoms with Gasteiger partial charge in [-0.3, -0.25) is 9.78 Å². The van der Waals surface area contributed by atoms with Gasteiger partial charge in [0.05, 0.1) is 11.9 Å². The summed E-state index contributed by atoms with van der Waals surface area (Å²) in [5.41, 5.74) is 0.357. The lowest BCUT2D eigenvalue weighted by Crippen LogP contribution is -2.36. The molecule has 0 saturated heterocycles. The minimum absolute atomic E-state index is 0.240. The van der Waals surface area contributed by atoms with Crippen LogP contribution >= 0.6 is 0 Å². The molecule has 14 heavy (non-hydrogen) atoms. The second kappa shape index (κ2) is 4.50. The number of carboxylic acids is 1. The van der Waals surface area contributed by atoms with Crippen molar-refractivity contribution >= 4 is 11.8 Å². The molecule has 0 amide bonds. The van der Waals surface area contributed by atoms with Gasteiger partial charge in [-0.1, -0.05) is 6.92 Å². The lowest BCUT2D eigenvalue weighted by atomic mass is 9.96. The average Bonchev–Trinajstić information content (AvgIpc) is 2.19. The monoisotopic (exact) mass is 192 g/mol. The second-order valence-electron chi connectivity index (χ2n) is 2.88. The van der Waals surface area contributed by atoms with E-state index in [1.807, 2.05) is 0 Å². The summed E-state index contributed by atoms with van der Waals surface area (Å²) >= 11 is 0. The summed E-state index contributed by atoms with van der Waals surface area (Å²) in [6, 6.07) is 2.99. The van der Waals surface area contributed by atoms with Crippen LogP contribution in [0.4, 0.5) is 0 Å². The van der Waals surface area contributed by atoms with Gasteiger partial charge in [-0.2, -0.15) is 0 Å². The first-order valence-corrected chi connectivity index (χ1v) is 4.32. The molecule has 1 heterocycles. The highest BCUT2D eigenvalue weighted by Crippen LogP contribution is 2.10. The molecular weight excluding hydrogens is 182 g/mol. The zero-order chi connectivity index (χ0) is 10.6. The van der Waals surface area contributed by atoms with Gasteiger partial charge in [-0.05, 0) is 18.6 Å². The molecule has 74 valence electrons. The summed E-state index contributed by atoms with van der Waals surface area (Å²) in [4.78, 5) is 25.9. The van der Waals surface area contributed by atoms with E-state index in [2.05, 4.69) is 4.98 Å². The summed E-state index contributed by atoms with van der Waals surface area (Å²) < 4.78 is 0. The molecule has 0 fully saturated rings. The standard InChI is InChI=1S/C10H11NO3/c1-2-8(10(13)14)9(12)7-3-5-11-6-4-7/h3-6,8H,2H2,1H3,(H,13,14)/p-1. The van der Waals surface area contributed by atoms with Crippen LogP contribution in [0.2, 0.25) is 0 Å². The van der Waals surface area contributed by atoms with Gasteiger partial charge < -0.3 is 9.90 Å². The number of aliphatic carboxylic acids is 1. The van der Waals surface area contributed by atoms with Crippen molar-refractivity contribution in [2.24, 2.45) is 5.92 Å². The van der Waals surface area contributed by atoms with Crippen LogP contribution in [0.25, 0.3) is 0 Å². The van der Waals surface area contributed by atoms with Crippen LogP contribution < -0.4 is 5.11 Å². The van der Waals surface area contributed by atoms with E-state index in [1.165, 1.54) is 24.5 Å². The van der Waals surface area contributed by atoms with E-state index in [4.69, 9.17) is 0 Å². The third kappa shape index (κ3) is 2.16. The van der Waals surface area contributed by atoms with Gasteiger partial charge >= 0.3 is 0 Å². The molecule has 4 heteroatoms. The zero-order valence-corrected chi connectivity index (χ0v) is 7.77. The van der Waals surface area contributed by atoms with E-state index in [0.717, 1.165) is 0 Å². The molecule has 0 aliphatic heterocycles. The quantitative estimate of drug-likeness (QED) is 0.499. The molecule has 0 spiro atoms. The van der Waals surface area contributed by atoms with Gasteiger partial charge in [0.2, 0.25) is 0 Å². The highest BCUT2D eigenvalue weighted by Gasteiger charge is 2.18. The number of carboxylic acid groups (broad SMARTS) is 1. The van der Waals surface area contributed by atoms with Gasteiger partial charge in [0.15, 0.2) is 5.78 Å². The molecule has 0 saturated carbocycles. The summed E-state index contributed by atoms with van der Waals surface area (Å²) in [6.45, 7) is 1.64. The predicted molar refractivity (Wildman–Crippen MR) is 47.4 cm³/mol. The first-order valence-electron chi connectivity index (χ1n) is 4.32. The lowest BCUT2D eigenvalue weighted by molar-refractivity contribution is -0.309. The third-order valence-corrected chi connectivity index (χ3v) is 1.97. The Morgan fingerprint density at radius 1 is 1.43 bits per heavy atom. The van der Waals surface area contributed by atoms with Gasteiger partial charge in [-0.15, -0.1) is 0 Å². The molecule has 1 atom stereocenters. The van der Waals surface area contributed by atoms with E-state index >= 15 is 0 Å². The summed E-state index contributed by atoms with van der Waals surface area (Å²) in [5, 5.41) is 10.6. The van der Waals surface area contributed by atoms with Crippen LogP contribution in [0, 0.1) is 5.92 Å². The SMILES string of the molecule is CCC(C(=O)[O-])C(=O)c1ccncc1. The Morgan fingerprint density at radius 2 is 2.00 bits per heavy atom. The molecular formula is C10H10NO3-. The first-order chi connectivity index (χ1) is 6.66. The Bertz CT molecular complexity index is 334. The zero-order valence-electron chi connectivity index (χ0n) is 7.77. The maximum Gasteiger partial charge on any atom is 0.171 e. The van der Waals surface area contributed by atoms with E-state index in [0.29, 0.717) is 5.56 Å². The topological polar surface area (TPSA) is 70.1 Å². The molecule has 0 bridgehead atoms. The number of pyridine rings is 1. The average molecular weight is 192 g/mol. The third-order valence-electron chi connectivity index (χ3n) is 1.97. The number of carbonyl (C=O) groups excluding carboxylic acids is 2. The van der Waals surface area contributed by atoms with Gasteiger partial charge in [0, 0.05) is 18.0 Å². The van der Waals surface area contributed by atoms with Crippen LogP contribution in [-0.4, -0.2) is 16.7 Å². The number of ketones is 1. The molecule has 1 aromatic heterocycles. The van der Waals surface area contributed by atoms with Crippen LogP contribution in [0.5, 0.6) is 0 Å². The Hall–Kier alpha value is -1.71. The Morgan fingerprint density at radius 3 is 2.43 bits per heavy atom. The van der Waals surface area contributed by atoms with Crippen molar-refractivity contribution in [3.05, 3.63) is 30.1 Å². The van der Waals surface area contributed by atoms with Crippen molar-refractivity contribution < 1.29 is 14.7 Å². The van der Waals surface area contributed by atoms with Crippen LogP contribution in [0.1, 0.15) is 23.7 Å². The number of nitrogens with zero attached hydrogens (tertiary/aromatic N) is 1. The fraction of sp³-hybridized carbons (Fsp3) is 0.300. The van der Waals surface area contributed by atoms with Crippen molar-refractivity contribution in [1.29, 1.82) is 0 Å². The minimum atomic E-state index is -1.32. The summed E-state index contributed by atoms with van der Waals surface area (Å²) in [7, 11) is 0. The Labute approximate surface area is 81.6 Å². The van der Waals surface area contributed by atoms with Crippen LogP contribution in [0.3, 0.4) is 0 Å². The fourth-order valence-corrected chi connectivity index (χ4v) is 1.18.